The van der Waals surface area contributed by atoms with Crippen LogP contribution in [0.3, 0.4) is 0 Å². The van der Waals surface area contributed by atoms with E-state index in [4.69, 9.17) is 4.42 Å². The summed E-state index contributed by atoms with van der Waals surface area (Å²) in [6, 6.07) is 1.69. The number of alkyl halides is 3. The number of H-pyrrole nitrogens is 1. The molecule has 0 fully saturated rings. The molecular formula is C20H21F4N7O. The maximum absolute atomic E-state index is 13.8. The summed E-state index contributed by atoms with van der Waals surface area (Å²) in [5.74, 6) is 0.998. The Bertz CT molecular complexity index is 1130. The number of imidazole rings is 1. The van der Waals surface area contributed by atoms with E-state index in [-0.39, 0.29) is 18.2 Å². The molecule has 0 bridgehead atoms. The number of oxazole rings is 1. The van der Waals surface area contributed by atoms with Crippen molar-refractivity contribution < 1.29 is 22.0 Å². The number of rotatable bonds is 9. The van der Waals surface area contributed by atoms with Crippen LogP contribution in [-0.4, -0.2) is 45.8 Å². The smallest absolute Gasteiger partial charge is 0.432 e. The number of aromatic amines is 1. The maximum atomic E-state index is 13.8. The molecule has 32 heavy (non-hydrogen) atoms. The van der Waals surface area contributed by atoms with Crippen LogP contribution in [0.4, 0.5) is 23.4 Å². The van der Waals surface area contributed by atoms with Gasteiger partial charge in [0.15, 0.2) is 22.8 Å². The van der Waals surface area contributed by atoms with Gasteiger partial charge in [0, 0.05) is 50.8 Å². The van der Waals surface area contributed by atoms with Gasteiger partial charge in [0.2, 0.25) is 0 Å². The number of nitrogens with zero attached hydrogens (tertiary/aromatic N) is 4. The minimum atomic E-state index is -4.43. The van der Waals surface area contributed by atoms with Gasteiger partial charge in [-0.25, -0.2) is 19.3 Å². The summed E-state index contributed by atoms with van der Waals surface area (Å²) in [6.45, 7) is 1.16. The molecule has 3 aromatic rings. The van der Waals surface area contributed by atoms with E-state index in [1.54, 1.807) is 18.5 Å². The van der Waals surface area contributed by atoms with Gasteiger partial charge in [-0.1, -0.05) is 0 Å². The molecule has 0 aromatic carbocycles. The predicted octanol–water partition coefficient (Wildman–Crippen LogP) is 3.80. The van der Waals surface area contributed by atoms with Crippen molar-refractivity contribution in [1.29, 1.82) is 0 Å². The van der Waals surface area contributed by atoms with Crippen molar-refractivity contribution in [2.75, 3.05) is 25.0 Å². The second kappa shape index (κ2) is 9.47. The monoisotopic (exact) mass is 451 g/mol. The molecule has 0 unspecified atom stereocenters. The maximum Gasteiger partial charge on any atom is 0.432 e. The van der Waals surface area contributed by atoms with E-state index in [0.717, 1.165) is 6.20 Å². The van der Waals surface area contributed by atoms with Crippen LogP contribution < -0.4 is 10.6 Å². The topological polar surface area (TPSA) is 104 Å². The van der Waals surface area contributed by atoms with Gasteiger partial charge >= 0.3 is 6.18 Å². The Morgan fingerprint density at radius 2 is 2.00 bits per heavy atom. The van der Waals surface area contributed by atoms with E-state index in [1.165, 1.54) is 0 Å². The lowest BCUT2D eigenvalue weighted by Gasteiger charge is -2.10. The third-order valence-electron chi connectivity index (χ3n) is 4.82. The van der Waals surface area contributed by atoms with Crippen molar-refractivity contribution >= 4 is 23.1 Å². The van der Waals surface area contributed by atoms with Crippen LogP contribution in [0.1, 0.15) is 30.3 Å². The average molecular weight is 451 g/mol. The minimum Gasteiger partial charge on any atom is -0.440 e. The lowest BCUT2D eigenvalue weighted by atomic mass is 10.2. The largest absolute Gasteiger partial charge is 0.440 e. The fraction of sp³-hybridized carbons (Fsp3) is 0.400. The van der Waals surface area contributed by atoms with Gasteiger partial charge in [0.25, 0.3) is 0 Å². The molecule has 3 aromatic heterocycles. The molecule has 0 amide bonds. The summed E-state index contributed by atoms with van der Waals surface area (Å²) < 4.78 is 57.3. The molecule has 0 saturated heterocycles. The molecule has 0 saturated carbocycles. The molecule has 1 aliphatic heterocycles. The Hall–Kier alpha value is -3.28. The molecule has 170 valence electrons. The summed E-state index contributed by atoms with van der Waals surface area (Å²) >= 11 is 0. The quantitative estimate of drug-likeness (QED) is 0.338. The van der Waals surface area contributed by atoms with E-state index < -0.39 is 11.9 Å². The Labute approximate surface area is 180 Å². The van der Waals surface area contributed by atoms with Gasteiger partial charge in [-0.2, -0.15) is 13.2 Å². The van der Waals surface area contributed by atoms with Crippen LogP contribution in [0.15, 0.2) is 39.4 Å². The molecule has 12 heteroatoms. The van der Waals surface area contributed by atoms with Crippen LogP contribution in [-0.2, 0) is 19.0 Å². The highest BCUT2D eigenvalue weighted by Gasteiger charge is 2.32. The number of pyridine rings is 1. The van der Waals surface area contributed by atoms with Gasteiger partial charge < -0.3 is 20.0 Å². The van der Waals surface area contributed by atoms with Crippen molar-refractivity contribution in [3.8, 4) is 0 Å². The van der Waals surface area contributed by atoms with E-state index in [1.807, 2.05) is 0 Å². The van der Waals surface area contributed by atoms with Crippen LogP contribution in [0.2, 0.25) is 0 Å². The number of anilines is 1. The van der Waals surface area contributed by atoms with Gasteiger partial charge in [0.05, 0.1) is 18.4 Å². The average Bonchev–Trinajstić information content (AvgIpc) is 3.40. The first-order chi connectivity index (χ1) is 15.4. The first kappa shape index (κ1) is 21.9. The summed E-state index contributed by atoms with van der Waals surface area (Å²) in [7, 11) is 0. The first-order valence-electron chi connectivity index (χ1n) is 10.1. The molecule has 0 aliphatic carbocycles. The molecule has 3 N–H and O–H groups in total. The van der Waals surface area contributed by atoms with Crippen molar-refractivity contribution in [3.05, 3.63) is 47.4 Å². The second-order valence-electron chi connectivity index (χ2n) is 7.16. The zero-order valence-electron chi connectivity index (χ0n) is 17.0. The van der Waals surface area contributed by atoms with Crippen molar-refractivity contribution in [1.82, 2.24) is 25.3 Å². The van der Waals surface area contributed by atoms with Crippen LogP contribution in [0, 0.1) is 0 Å². The summed E-state index contributed by atoms with van der Waals surface area (Å²) in [5, 5.41) is 6.18. The van der Waals surface area contributed by atoms with Crippen LogP contribution in [0.5, 0.6) is 0 Å². The normalized spacial score (nSPS) is 14.5. The molecule has 1 aliphatic rings. The standard InChI is InChI=1S/C20H21F4N7O/c21-12-2-1-6-26-13(12)10-29-19-18-14(3-9-27-19)32-17(31-18)5-8-25-7-4-16-28-11-15(30-16)20(22,23)24/h3,6,9,11,25H,1-2,4-5,7-8,10H2,(H,27,29)(H,28,30). The van der Waals surface area contributed by atoms with Crippen molar-refractivity contribution in [2.24, 2.45) is 4.99 Å². The number of aliphatic imine (C=N–C) groups is 1. The number of hydrogen-bond acceptors (Lipinski definition) is 7. The highest BCUT2D eigenvalue weighted by Crippen LogP contribution is 2.27. The SMILES string of the molecule is FC1=C(CNc2nccc3oc(CCNCCc4ncc(C(F)(F)F)[nH]4)nc23)N=CCC1. The van der Waals surface area contributed by atoms with Crippen molar-refractivity contribution in [3.63, 3.8) is 0 Å². The number of halogens is 4. The van der Waals surface area contributed by atoms with E-state index in [2.05, 4.69) is 35.6 Å². The Morgan fingerprint density at radius 3 is 2.78 bits per heavy atom. The molecule has 8 nitrogen and oxygen atoms in total. The summed E-state index contributed by atoms with van der Waals surface area (Å²) in [6.07, 6.45) is 1.38. The molecule has 0 atom stereocenters. The molecule has 0 spiro atoms. The number of aromatic nitrogens is 4. The van der Waals surface area contributed by atoms with E-state index in [9.17, 15) is 17.6 Å². The van der Waals surface area contributed by atoms with Crippen LogP contribution >= 0.6 is 0 Å². The van der Waals surface area contributed by atoms with E-state index >= 15 is 0 Å². The van der Waals surface area contributed by atoms with E-state index in [0.29, 0.717) is 67.3 Å². The van der Waals surface area contributed by atoms with Gasteiger partial charge in [0.1, 0.15) is 17.3 Å². The highest BCUT2D eigenvalue weighted by atomic mass is 19.4. The number of allylic oxidation sites excluding steroid dienone is 1. The van der Waals surface area contributed by atoms with Crippen molar-refractivity contribution in [2.45, 2.75) is 31.9 Å². The lowest BCUT2D eigenvalue weighted by molar-refractivity contribution is -0.140. The first-order valence-corrected chi connectivity index (χ1v) is 10.1. The molecule has 4 heterocycles. The molecular weight excluding hydrogens is 430 g/mol. The fourth-order valence-corrected chi connectivity index (χ4v) is 3.19. The number of nitrogens with one attached hydrogen (secondary N) is 3. The minimum absolute atomic E-state index is 0.195. The lowest BCUT2D eigenvalue weighted by Crippen LogP contribution is -2.20. The fourth-order valence-electron chi connectivity index (χ4n) is 3.19. The van der Waals surface area contributed by atoms with Crippen LogP contribution in [0.25, 0.3) is 11.1 Å². The van der Waals surface area contributed by atoms with Gasteiger partial charge in [-0.05, 0) is 6.42 Å². The van der Waals surface area contributed by atoms with Gasteiger partial charge in [-0.3, -0.25) is 4.99 Å². The Morgan fingerprint density at radius 1 is 1.16 bits per heavy atom. The second-order valence-corrected chi connectivity index (χ2v) is 7.16. The zero-order valence-corrected chi connectivity index (χ0v) is 17.0. The Kier molecular flexibility index (Phi) is 6.49. The third kappa shape index (κ3) is 5.31. The third-order valence-corrected chi connectivity index (χ3v) is 4.82. The molecule has 4 rings (SSSR count). The number of fused-ring (bicyclic) bond motifs is 1. The number of hydrogen-bond donors (Lipinski definition) is 3. The summed E-state index contributed by atoms with van der Waals surface area (Å²) in [5.41, 5.74) is 0.584. The van der Waals surface area contributed by atoms with Gasteiger partial charge in [-0.15, -0.1) is 0 Å². The predicted molar refractivity (Wildman–Crippen MR) is 110 cm³/mol. The highest BCUT2D eigenvalue weighted by molar-refractivity contribution is 5.84. The Balaban J connectivity index is 1.28. The molecule has 0 radical (unpaired) electrons. The summed E-state index contributed by atoms with van der Waals surface area (Å²) in [4.78, 5) is 18.8. The zero-order chi connectivity index (χ0) is 22.6.